The second kappa shape index (κ2) is 7.39. The van der Waals surface area contributed by atoms with Crippen molar-refractivity contribution in [3.8, 4) is 0 Å². The molecule has 0 saturated heterocycles. The molecule has 0 atom stereocenters. The summed E-state index contributed by atoms with van der Waals surface area (Å²) >= 11 is 3.21. The molecular weight excluding hydrogens is 248 g/mol. The first-order chi connectivity index (χ1) is 4.81. The van der Waals surface area contributed by atoms with Crippen LogP contribution in [0.3, 0.4) is 0 Å². The predicted octanol–water partition coefficient (Wildman–Crippen LogP) is 0.999. The molecular formula is C8H12GeSe. The number of benzene rings is 1. The Morgan fingerprint density at radius 2 is 1.50 bits per heavy atom. The van der Waals surface area contributed by atoms with Crippen LogP contribution in [0.15, 0.2) is 30.3 Å². The number of rotatable bonds is 0. The number of hydrogen-bond donors (Lipinski definition) is 0. The first-order valence-electron chi connectivity index (χ1n) is 3.27. The third kappa shape index (κ3) is 6.40. The Bertz CT molecular complexity index is 151. The molecule has 2 radical (unpaired) electrons. The summed E-state index contributed by atoms with van der Waals surface area (Å²) in [6.07, 6.45) is 0. The third-order valence-corrected chi connectivity index (χ3v) is 1.31. The molecule has 0 saturated carbocycles. The van der Waals surface area contributed by atoms with E-state index in [4.69, 9.17) is 0 Å². The van der Waals surface area contributed by atoms with E-state index in [0.717, 1.165) is 0 Å². The van der Waals surface area contributed by atoms with Crippen molar-refractivity contribution in [2.75, 3.05) is 0 Å². The zero-order chi connectivity index (χ0) is 7.82. The van der Waals surface area contributed by atoms with Gasteiger partial charge in [-0.15, -0.1) is 0 Å². The molecule has 0 bridgehead atoms. The van der Waals surface area contributed by atoms with Crippen LogP contribution < -0.4 is 4.46 Å². The average molecular weight is 260 g/mol. The van der Waals surface area contributed by atoms with Crippen LogP contribution in [0.25, 0.3) is 0 Å². The molecule has 0 aliphatic carbocycles. The molecule has 2 heteroatoms. The molecule has 0 nitrogen and oxygen atoms in total. The van der Waals surface area contributed by atoms with Crippen LogP contribution in [0.2, 0.25) is 11.5 Å². The third-order valence-electron chi connectivity index (χ3n) is 0.743. The van der Waals surface area contributed by atoms with E-state index in [0.29, 0.717) is 15.4 Å². The minimum absolute atomic E-state index is 0.312. The van der Waals surface area contributed by atoms with Crippen LogP contribution in [0.1, 0.15) is 0 Å². The summed E-state index contributed by atoms with van der Waals surface area (Å²) in [6, 6.07) is 10.1. The predicted molar refractivity (Wildman–Crippen MR) is 50.7 cm³/mol. The summed E-state index contributed by atoms with van der Waals surface area (Å²) in [6.45, 7) is 0. The van der Waals surface area contributed by atoms with Gasteiger partial charge in [-0.25, -0.2) is 0 Å². The van der Waals surface area contributed by atoms with Crippen molar-refractivity contribution < 1.29 is 0 Å². The van der Waals surface area contributed by atoms with Crippen molar-refractivity contribution in [3.63, 3.8) is 0 Å². The van der Waals surface area contributed by atoms with E-state index in [2.05, 4.69) is 27.5 Å². The molecule has 1 rings (SSSR count). The van der Waals surface area contributed by atoms with Gasteiger partial charge in [-0.2, -0.15) is 0 Å². The summed E-state index contributed by atoms with van der Waals surface area (Å²) in [5.74, 6) is 4.56. The molecule has 0 unspecified atom stereocenters. The maximum atomic E-state index is 2.90. The van der Waals surface area contributed by atoms with Gasteiger partial charge in [0.25, 0.3) is 0 Å². The maximum absolute atomic E-state index is 2.90. The Morgan fingerprint density at radius 1 is 1.10 bits per heavy atom. The van der Waals surface area contributed by atoms with Gasteiger partial charge in [0.1, 0.15) is 0 Å². The fraction of sp³-hybridized carbons (Fsp3) is 0.250. The standard InChI is InChI=1S/C6H5Se.C2H7Ge/c7-6-4-2-1-3-5-6;1-3-2/h1-5H;3H,1-2H3. The van der Waals surface area contributed by atoms with Crippen LogP contribution in [-0.2, 0) is 0 Å². The SMILES string of the molecule is [CH3][GeH][CH3].[Se]c1ccccc1. The minimum atomic E-state index is 0.312. The van der Waals surface area contributed by atoms with Crippen molar-refractivity contribution in [2.24, 2.45) is 0 Å². The van der Waals surface area contributed by atoms with Gasteiger partial charge in [0.05, 0.1) is 0 Å². The van der Waals surface area contributed by atoms with Crippen LogP contribution in [0.4, 0.5) is 0 Å². The Labute approximate surface area is 77.7 Å². The van der Waals surface area contributed by atoms with E-state index in [1.807, 2.05) is 30.3 Å². The van der Waals surface area contributed by atoms with Gasteiger partial charge < -0.3 is 0 Å². The summed E-state index contributed by atoms with van der Waals surface area (Å²) < 4.78 is 1.20. The molecule has 1 aromatic carbocycles. The average Bonchev–Trinajstić information content (AvgIpc) is 1.91. The van der Waals surface area contributed by atoms with Crippen LogP contribution >= 0.6 is 0 Å². The topological polar surface area (TPSA) is 0 Å². The summed E-state index contributed by atoms with van der Waals surface area (Å²) in [5, 5.41) is 0. The Balaban J connectivity index is 0.000000236. The Kier molecular flexibility index (Phi) is 7.60. The van der Waals surface area contributed by atoms with Crippen molar-refractivity contribution >= 4 is 35.9 Å². The molecule has 1 aromatic rings. The molecule has 0 heterocycles. The molecule has 0 aliphatic heterocycles. The fourth-order valence-corrected chi connectivity index (χ4v) is 0.750. The van der Waals surface area contributed by atoms with E-state index < -0.39 is 0 Å². The summed E-state index contributed by atoms with van der Waals surface area (Å²) in [4.78, 5) is 0. The molecule has 0 amide bonds. The van der Waals surface area contributed by atoms with Crippen molar-refractivity contribution in [3.05, 3.63) is 30.3 Å². The number of hydrogen-bond acceptors (Lipinski definition) is 0. The second-order valence-corrected chi connectivity index (χ2v) is 5.30. The summed E-state index contributed by atoms with van der Waals surface area (Å²) in [7, 11) is 0. The van der Waals surface area contributed by atoms with E-state index in [1.165, 1.54) is 4.46 Å². The first kappa shape index (κ1) is 10.3. The molecule has 54 valence electrons. The molecule has 0 N–H and O–H groups in total. The van der Waals surface area contributed by atoms with Gasteiger partial charge in [-0.05, 0) is 0 Å². The Hall–Kier alpha value is 0.282. The zero-order valence-electron chi connectivity index (χ0n) is 6.37. The normalized spacial score (nSPS) is 7.80. The quantitative estimate of drug-likeness (QED) is 0.610. The van der Waals surface area contributed by atoms with Gasteiger partial charge in [0.2, 0.25) is 0 Å². The van der Waals surface area contributed by atoms with Gasteiger partial charge in [-0.1, -0.05) is 0 Å². The molecule has 0 aromatic heterocycles. The van der Waals surface area contributed by atoms with Gasteiger partial charge in [-0.3, -0.25) is 0 Å². The molecule has 0 aliphatic rings. The van der Waals surface area contributed by atoms with Gasteiger partial charge >= 0.3 is 77.8 Å². The van der Waals surface area contributed by atoms with E-state index in [9.17, 15) is 0 Å². The Morgan fingerprint density at radius 3 is 1.70 bits per heavy atom. The monoisotopic (exact) mass is 262 g/mol. The van der Waals surface area contributed by atoms with Crippen molar-refractivity contribution in [1.82, 2.24) is 0 Å². The van der Waals surface area contributed by atoms with E-state index in [-0.39, 0.29) is 0 Å². The molecule has 10 heavy (non-hydrogen) atoms. The van der Waals surface area contributed by atoms with Gasteiger partial charge in [0.15, 0.2) is 0 Å². The molecule has 0 spiro atoms. The summed E-state index contributed by atoms with van der Waals surface area (Å²) in [5.41, 5.74) is 0. The van der Waals surface area contributed by atoms with Crippen LogP contribution in [0, 0.1) is 0 Å². The van der Waals surface area contributed by atoms with E-state index in [1.54, 1.807) is 0 Å². The second-order valence-electron chi connectivity index (χ2n) is 1.89. The van der Waals surface area contributed by atoms with Crippen molar-refractivity contribution in [2.45, 2.75) is 11.5 Å². The van der Waals surface area contributed by atoms with E-state index >= 15 is 0 Å². The zero-order valence-corrected chi connectivity index (χ0v) is 10.5. The molecule has 0 fully saturated rings. The van der Waals surface area contributed by atoms with Crippen LogP contribution in [-0.4, -0.2) is 31.4 Å². The fourth-order valence-electron chi connectivity index (χ4n) is 0.420. The van der Waals surface area contributed by atoms with Crippen LogP contribution in [0.5, 0.6) is 0 Å². The van der Waals surface area contributed by atoms with Crippen molar-refractivity contribution in [1.29, 1.82) is 0 Å². The van der Waals surface area contributed by atoms with Gasteiger partial charge in [0, 0.05) is 0 Å². The first-order valence-corrected chi connectivity index (χ1v) is 8.97.